The standard InChI is InChI=1S/C20H12N2/c21-8-10-6-7-11(9-22)14-13(10)15-17-16(14)19-18(15)20(17,19)12-4-2-1-3-5-12/h1-7,15-19H. The molecule has 3 fully saturated rings. The Kier molecular flexibility index (Phi) is 1.56. The van der Waals surface area contributed by atoms with E-state index in [0.29, 0.717) is 23.2 Å². The Morgan fingerprint density at radius 2 is 1.27 bits per heavy atom. The molecule has 4 aliphatic rings. The van der Waals surface area contributed by atoms with Gasteiger partial charge in [0.05, 0.1) is 23.3 Å². The van der Waals surface area contributed by atoms with Crippen LogP contribution in [0.4, 0.5) is 0 Å². The van der Waals surface area contributed by atoms with Crippen LogP contribution in [-0.4, -0.2) is 0 Å². The van der Waals surface area contributed by atoms with Crippen LogP contribution in [0.2, 0.25) is 0 Å². The van der Waals surface area contributed by atoms with Crippen molar-refractivity contribution in [2.24, 2.45) is 17.8 Å². The molecule has 2 heteroatoms. The van der Waals surface area contributed by atoms with Crippen molar-refractivity contribution >= 4 is 0 Å². The predicted molar refractivity (Wildman–Crippen MR) is 79.9 cm³/mol. The van der Waals surface area contributed by atoms with E-state index in [2.05, 4.69) is 42.5 Å². The summed E-state index contributed by atoms with van der Waals surface area (Å²) in [5.41, 5.74) is 5.92. The maximum absolute atomic E-state index is 9.45. The molecule has 0 heterocycles. The van der Waals surface area contributed by atoms with E-state index in [9.17, 15) is 10.5 Å². The number of benzene rings is 2. The van der Waals surface area contributed by atoms with Gasteiger partial charge in [-0.1, -0.05) is 30.3 Å². The highest BCUT2D eigenvalue weighted by atomic mass is 15.0. The van der Waals surface area contributed by atoms with Gasteiger partial charge in [0.2, 0.25) is 0 Å². The summed E-state index contributed by atoms with van der Waals surface area (Å²) in [4.78, 5) is 0. The SMILES string of the molecule is N#Cc1ccc(C#N)c2c1C1C3C2C2C1C32c1ccccc1. The average Bonchev–Trinajstić information content (AvgIpc) is 2.82. The first kappa shape index (κ1) is 11.0. The van der Waals surface area contributed by atoms with Crippen LogP contribution < -0.4 is 0 Å². The highest BCUT2D eigenvalue weighted by molar-refractivity contribution is 5.72. The molecule has 0 bridgehead atoms. The van der Waals surface area contributed by atoms with Gasteiger partial charge in [0.1, 0.15) is 0 Å². The first-order chi connectivity index (χ1) is 10.9. The van der Waals surface area contributed by atoms with Gasteiger partial charge in [0.25, 0.3) is 0 Å². The van der Waals surface area contributed by atoms with Crippen molar-refractivity contribution in [2.45, 2.75) is 17.3 Å². The van der Waals surface area contributed by atoms with Crippen LogP contribution >= 0.6 is 0 Å². The highest BCUT2D eigenvalue weighted by Crippen LogP contribution is 2.98. The van der Waals surface area contributed by atoms with E-state index in [1.54, 1.807) is 0 Å². The van der Waals surface area contributed by atoms with Crippen LogP contribution in [0.25, 0.3) is 0 Å². The predicted octanol–water partition coefficient (Wildman–Crippen LogP) is 3.44. The molecule has 4 atom stereocenters. The Hall–Kier alpha value is -2.58. The molecule has 0 amide bonds. The van der Waals surface area contributed by atoms with Gasteiger partial charge in [-0.15, -0.1) is 0 Å². The second-order valence-corrected chi connectivity index (χ2v) is 7.14. The molecule has 0 N–H and O–H groups in total. The van der Waals surface area contributed by atoms with Gasteiger partial charge in [-0.3, -0.25) is 0 Å². The van der Waals surface area contributed by atoms with E-state index in [1.165, 1.54) is 16.7 Å². The van der Waals surface area contributed by atoms with E-state index in [1.807, 2.05) is 12.1 Å². The number of fused-ring (bicyclic) bond motifs is 6. The minimum absolute atomic E-state index is 0.384. The fourth-order valence-electron chi connectivity index (χ4n) is 6.55. The molecule has 0 aliphatic heterocycles. The molecule has 2 aromatic carbocycles. The van der Waals surface area contributed by atoms with Crippen LogP contribution in [0.1, 0.15) is 39.7 Å². The molecule has 2 aromatic rings. The molecule has 4 aliphatic carbocycles. The third-order valence-corrected chi connectivity index (χ3v) is 6.95. The summed E-state index contributed by atoms with van der Waals surface area (Å²) in [6, 6.07) is 19.3. The lowest BCUT2D eigenvalue weighted by Crippen LogP contribution is -2.45. The zero-order chi connectivity index (χ0) is 14.6. The van der Waals surface area contributed by atoms with E-state index in [-0.39, 0.29) is 0 Å². The monoisotopic (exact) mass is 280 g/mol. The van der Waals surface area contributed by atoms with Crippen molar-refractivity contribution in [1.82, 2.24) is 0 Å². The minimum Gasteiger partial charge on any atom is -0.192 e. The number of hydrogen-bond donors (Lipinski definition) is 0. The van der Waals surface area contributed by atoms with Crippen molar-refractivity contribution in [3.63, 3.8) is 0 Å². The number of nitriles is 2. The summed E-state index contributed by atoms with van der Waals surface area (Å²) in [5.74, 6) is 3.15. The Morgan fingerprint density at radius 3 is 1.77 bits per heavy atom. The molecule has 0 saturated heterocycles. The molecule has 0 aromatic heterocycles. The van der Waals surface area contributed by atoms with Crippen molar-refractivity contribution in [1.29, 1.82) is 10.5 Å². The lowest BCUT2D eigenvalue weighted by atomic mass is 9.55. The normalized spacial score (nSPS) is 40.4. The first-order valence-electron chi connectivity index (χ1n) is 7.88. The maximum Gasteiger partial charge on any atom is 0.0994 e. The summed E-state index contributed by atoms with van der Waals surface area (Å²) in [7, 11) is 0. The molecular formula is C20H12N2. The molecular weight excluding hydrogens is 268 g/mol. The Balaban J connectivity index is 1.55. The largest absolute Gasteiger partial charge is 0.192 e. The Labute approximate surface area is 128 Å². The van der Waals surface area contributed by atoms with Crippen LogP contribution in [0, 0.1) is 40.4 Å². The van der Waals surface area contributed by atoms with Gasteiger partial charge in [0, 0.05) is 5.41 Å². The summed E-state index contributed by atoms with van der Waals surface area (Å²) in [6.45, 7) is 0. The summed E-state index contributed by atoms with van der Waals surface area (Å²) < 4.78 is 0. The Bertz CT molecular complexity index is 889. The van der Waals surface area contributed by atoms with E-state index in [0.717, 1.165) is 23.0 Å². The molecule has 0 spiro atoms. The summed E-state index contributed by atoms with van der Waals surface area (Å²) in [5, 5.41) is 18.9. The molecule has 102 valence electrons. The van der Waals surface area contributed by atoms with Gasteiger partial charge in [-0.2, -0.15) is 10.5 Å². The third-order valence-electron chi connectivity index (χ3n) is 6.95. The van der Waals surface area contributed by atoms with Crippen molar-refractivity contribution < 1.29 is 0 Å². The number of rotatable bonds is 1. The molecule has 6 rings (SSSR count). The second-order valence-electron chi connectivity index (χ2n) is 7.14. The van der Waals surface area contributed by atoms with Gasteiger partial charge in [0.15, 0.2) is 0 Å². The molecule has 2 nitrogen and oxygen atoms in total. The zero-order valence-electron chi connectivity index (χ0n) is 11.8. The molecule has 3 saturated carbocycles. The lowest BCUT2D eigenvalue weighted by Gasteiger charge is -2.48. The average molecular weight is 280 g/mol. The minimum atomic E-state index is 0.384. The van der Waals surface area contributed by atoms with Crippen LogP contribution in [0.3, 0.4) is 0 Å². The van der Waals surface area contributed by atoms with Gasteiger partial charge in [-0.05, 0) is 58.4 Å². The highest BCUT2D eigenvalue weighted by Gasteiger charge is 2.95. The third kappa shape index (κ3) is 0.804. The lowest BCUT2D eigenvalue weighted by molar-refractivity contribution is 0.134. The van der Waals surface area contributed by atoms with Crippen molar-refractivity contribution in [3.8, 4) is 12.1 Å². The number of nitrogens with zero attached hydrogens (tertiary/aromatic N) is 2. The summed E-state index contributed by atoms with van der Waals surface area (Å²) >= 11 is 0. The topological polar surface area (TPSA) is 47.6 Å². The fourth-order valence-corrected chi connectivity index (χ4v) is 6.55. The maximum atomic E-state index is 9.45. The van der Waals surface area contributed by atoms with Crippen molar-refractivity contribution in [2.75, 3.05) is 0 Å². The van der Waals surface area contributed by atoms with Crippen LogP contribution in [-0.2, 0) is 5.41 Å². The summed E-state index contributed by atoms with van der Waals surface area (Å²) in [6.07, 6.45) is 0. The van der Waals surface area contributed by atoms with Crippen LogP contribution in [0.5, 0.6) is 0 Å². The first-order valence-corrected chi connectivity index (χ1v) is 7.88. The van der Waals surface area contributed by atoms with Gasteiger partial charge >= 0.3 is 0 Å². The molecule has 0 radical (unpaired) electrons. The van der Waals surface area contributed by atoms with Crippen molar-refractivity contribution in [3.05, 3.63) is 70.3 Å². The zero-order valence-corrected chi connectivity index (χ0v) is 11.8. The van der Waals surface area contributed by atoms with Gasteiger partial charge < -0.3 is 0 Å². The van der Waals surface area contributed by atoms with Gasteiger partial charge in [-0.25, -0.2) is 0 Å². The molecule has 4 unspecified atom stereocenters. The fraction of sp³-hybridized carbons (Fsp3) is 0.300. The molecule has 22 heavy (non-hydrogen) atoms. The van der Waals surface area contributed by atoms with Crippen LogP contribution in [0.15, 0.2) is 42.5 Å². The second kappa shape index (κ2) is 3.11. The van der Waals surface area contributed by atoms with E-state index < -0.39 is 0 Å². The van der Waals surface area contributed by atoms with E-state index in [4.69, 9.17) is 0 Å². The van der Waals surface area contributed by atoms with E-state index >= 15 is 0 Å². The smallest absolute Gasteiger partial charge is 0.0994 e. The Morgan fingerprint density at radius 1 is 0.727 bits per heavy atom. The number of hydrogen-bond acceptors (Lipinski definition) is 2. The quantitative estimate of drug-likeness (QED) is 0.803.